The molecule has 0 saturated carbocycles. The van der Waals surface area contributed by atoms with Crippen LogP contribution in [0, 0.1) is 5.92 Å². The highest BCUT2D eigenvalue weighted by molar-refractivity contribution is 6.32. The Morgan fingerprint density at radius 1 is 1.11 bits per heavy atom. The zero-order valence-corrected chi connectivity index (χ0v) is 21.9. The summed E-state index contributed by atoms with van der Waals surface area (Å²) in [7, 11) is 0. The van der Waals surface area contributed by atoms with Gasteiger partial charge >= 0.3 is 12.4 Å². The van der Waals surface area contributed by atoms with E-state index in [1.807, 2.05) is 0 Å². The van der Waals surface area contributed by atoms with Crippen LogP contribution in [-0.2, 0) is 11.8 Å². The first-order valence-electron chi connectivity index (χ1n) is 13.2. The van der Waals surface area contributed by atoms with Crippen LogP contribution in [-0.4, -0.2) is 66.1 Å². The number of halogens is 4. The predicted molar refractivity (Wildman–Crippen MR) is 140 cm³/mol. The van der Waals surface area contributed by atoms with E-state index < -0.39 is 18.2 Å². The van der Waals surface area contributed by atoms with Crippen LogP contribution in [0.25, 0.3) is 0 Å². The first-order chi connectivity index (χ1) is 18.1. The molecule has 10 heteroatoms. The average Bonchev–Trinajstić information content (AvgIpc) is 3.24. The molecule has 2 fully saturated rings. The van der Waals surface area contributed by atoms with E-state index in [0.717, 1.165) is 38.4 Å². The summed E-state index contributed by atoms with van der Waals surface area (Å²) in [5.74, 6) is -0.403. The highest BCUT2D eigenvalue weighted by atomic mass is 35.5. The number of aryl methyl sites for hydroxylation is 1. The number of carbonyl (C=O) groups excluding carboxylic acids is 1. The molecule has 0 bridgehead atoms. The monoisotopic (exact) mass is 551 g/mol. The normalized spacial score (nSPS) is 20.8. The number of benzene rings is 2. The number of hydrogen-bond donors (Lipinski definition) is 2. The number of aliphatic hydroxyl groups is 1. The zero-order chi connectivity index (χ0) is 26.9. The minimum absolute atomic E-state index is 0.121. The molecule has 3 aliphatic rings. The maximum atomic E-state index is 12.7. The lowest BCUT2D eigenvalue weighted by Gasteiger charge is -2.42. The van der Waals surface area contributed by atoms with Gasteiger partial charge in [-0.15, -0.1) is 13.2 Å². The second kappa shape index (κ2) is 10.9. The number of amides is 2. The van der Waals surface area contributed by atoms with Crippen molar-refractivity contribution >= 4 is 23.3 Å². The molecule has 2 aromatic rings. The van der Waals surface area contributed by atoms with Crippen LogP contribution >= 0.6 is 11.6 Å². The van der Waals surface area contributed by atoms with Gasteiger partial charge in [-0.25, -0.2) is 4.79 Å². The van der Waals surface area contributed by atoms with Crippen LogP contribution in [0.15, 0.2) is 42.5 Å². The number of nitrogens with one attached hydrogen (secondary N) is 1. The van der Waals surface area contributed by atoms with Crippen LogP contribution in [0.2, 0.25) is 5.02 Å². The summed E-state index contributed by atoms with van der Waals surface area (Å²) in [6.45, 7) is 3.62. The van der Waals surface area contributed by atoms with Crippen LogP contribution in [0.5, 0.6) is 5.75 Å². The van der Waals surface area contributed by atoms with Gasteiger partial charge in [-0.1, -0.05) is 35.9 Å². The third-order valence-corrected chi connectivity index (χ3v) is 8.80. The Bertz CT molecular complexity index is 1150. The molecule has 1 atom stereocenters. The van der Waals surface area contributed by atoms with Gasteiger partial charge < -0.3 is 25.0 Å². The summed E-state index contributed by atoms with van der Waals surface area (Å²) in [4.78, 5) is 16.7. The van der Waals surface area contributed by atoms with E-state index >= 15 is 0 Å². The smallest absolute Gasteiger partial charge is 0.404 e. The molecule has 1 unspecified atom stereocenters. The second-order valence-electron chi connectivity index (χ2n) is 10.8. The molecule has 2 aliphatic heterocycles. The Morgan fingerprint density at radius 3 is 2.50 bits per heavy atom. The molecule has 5 rings (SSSR count). The van der Waals surface area contributed by atoms with Gasteiger partial charge in [0.15, 0.2) is 0 Å². The largest absolute Gasteiger partial charge is 0.573 e. The molecule has 2 N–H and O–H groups in total. The van der Waals surface area contributed by atoms with Crippen LogP contribution in [0.3, 0.4) is 0 Å². The van der Waals surface area contributed by atoms with Gasteiger partial charge in [0.2, 0.25) is 0 Å². The van der Waals surface area contributed by atoms with Gasteiger partial charge in [0.25, 0.3) is 0 Å². The molecule has 2 amide bonds. The lowest BCUT2D eigenvalue weighted by atomic mass is 9.73. The molecular formula is C28H33ClF3N3O3. The van der Waals surface area contributed by atoms with Crippen molar-refractivity contribution in [3.05, 3.63) is 58.6 Å². The molecule has 1 spiro atoms. The molecule has 6 nitrogen and oxygen atoms in total. The summed E-state index contributed by atoms with van der Waals surface area (Å²) in [5, 5.41) is 13.4. The van der Waals surface area contributed by atoms with Crippen molar-refractivity contribution in [3.8, 4) is 5.75 Å². The van der Waals surface area contributed by atoms with Crippen LogP contribution < -0.4 is 10.1 Å². The molecule has 0 aromatic heterocycles. The molecule has 2 aromatic carbocycles. The number of nitrogens with zero attached hydrogens (tertiary/aromatic N) is 2. The van der Waals surface area contributed by atoms with E-state index in [1.165, 1.54) is 29.7 Å². The maximum Gasteiger partial charge on any atom is 0.573 e. The first-order valence-corrected chi connectivity index (χ1v) is 13.6. The van der Waals surface area contributed by atoms with Gasteiger partial charge in [0, 0.05) is 25.3 Å². The molecule has 2 saturated heterocycles. The number of ether oxygens (including phenoxy) is 1. The number of anilines is 1. The van der Waals surface area contributed by atoms with Crippen LogP contribution in [0.1, 0.15) is 43.2 Å². The molecule has 0 radical (unpaired) electrons. The summed E-state index contributed by atoms with van der Waals surface area (Å²) in [6.07, 6.45) is 0.742. The van der Waals surface area contributed by atoms with Crippen molar-refractivity contribution < 1.29 is 27.8 Å². The number of likely N-dealkylation sites (tertiary alicyclic amines) is 2. The van der Waals surface area contributed by atoms with Gasteiger partial charge in [0.05, 0.1) is 11.1 Å². The lowest BCUT2D eigenvalue weighted by Crippen LogP contribution is -2.48. The van der Waals surface area contributed by atoms with Crippen molar-refractivity contribution in [1.82, 2.24) is 9.80 Å². The van der Waals surface area contributed by atoms with E-state index in [1.54, 1.807) is 4.90 Å². The zero-order valence-electron chi connectivity index (χ0n) is 21.1. The lowest BCUT2D eigenvalue weighted by molar-refractivity contribution is -0.274. The van der Waals surface area contributed by atoms with E-state index in [0.29, 0.717) is 37.9 Å². The molecule has 1 aliphatic carbocycles. The second-order valence-corrected chi connectivity index (χ2v) is 11.2. The Labute approximate surface area is 225 Å². The van der Waals surface area contributed by atoms with Gasteiger partial charge in [-0.2, -0.15) is 0 Å². The van der Waals surface area contributed by atoms with Crippen LogP contribution in [0.4, 0.5) is 23.7 Å². The Kier molecular flexibility index (Phi) is 7.80. The van der Waals surface area contributed by atoms with Gasteiger partial charge in [-0.05, 0) is 92.3 Å². The number of aliphatic hydroxyl groups excluding tert-OH is 1. The summed E-state index contributed by atoms with van der Waals surface area (Å²) in [5.41, 5.74) is 3.60. The van der Waals surface area contributed by atoms with Crippen molar-refractivity contribution in [3.63, 3.8) is 0 Å². The van der Waals surface area contributed by atoms with E-state index in [-0.39, 0.29) is 22.7 Å². The fourth-order valence-corrected chi connectivity index (χ4v) is 6.56. The van der Waals surface area contributed by atoms with E-state index in [2.05, 4.69) is 39.2 Å². The Hall–Kier alpha value is -2.49. The van der Waals surface area contributed by atoms with Crippen molar-refractivity contribution in [2.45, 2.75) is 56.4 Å². The Morgan fingerprint density at radius 2 is 1.82 bits per heavy atom. The third kappa shape index (κ3) is 6.05. The number of rotatable bonds is 5. The average molecular weight is 552 g/mol. The SMILES string of the molecule is O=C(Nc1ccc(OC(F)(F)F)c(Cl)c1)N1CCC(C(O)CN2CCC3(CCc4ccccc43)CC2)CC1. The van der Waals surface area contributed by atoms with Crippen molar-refractivity contribution in [2.75, 3.05) is 38.0 Å². The topological polar surface area (TPSA) is 65.0 Å². The minimum atomic E-state index is -4.85. The van der Waals surface area contributed by atoms with E-state index in [9.17, 15) is 23.1 Å². The molecule has 38 heavy (non-hydrogen) atoms. The molecule has 2 heterocycles. The highest BCUT2D eigenvalue weighted by Gasteiger charge is 2.41. The van der Waals surface area contributed by atoms with E-state index in [4.69, 9.17) is 11.6 Å². The molecular weight excluding hydrogens is 519 g/mol. The van der Waals surface area contributed by atoms with Crippen molar-refractivity contribution in [1.29, 1.82) is 0 Å². The highest BCUT2D eigenvalue weighted by Crippen LogP contribution is 2.46. The Balaban J connectivity index is 1.06. The number of piperidine rings is 2. The summed E-state index contributed by atoms with van der Waals surface area (Å²) >= 11 is 5.87. The fraction of sp³-hybridized carbons (Fsp3) is 0.536. The predicted octanol–water partition coefficient (Wildman–Crippen LogP) is 5.82. The van der Waals surface area contributed by atoms with Gasteiger partial charge in [-0.3, -0.25) is 0 Å². The maximum absolute atomic E-state index is 12.7. The number of β-amino-alcohol motifs (C(OH)–C–C–N with tert-alkyl or cyclic N) is 1. The summed E-state index contributed by atoms with van der Waals surface area (Å²) in [6, 6.07) is 12.1. The van der Waals surface area contributed by atoms with Gasteiger partial charge in [0.1, 0.15) is 5.75 Å². The minimum Gasteiger partial charge on any atom is -0.404 e. The molecule has 206 valence electrons. The number of alkyl halides is 3. The quantitative estimate of drug-likeness (QED) is 0.491. The number of urea groups is 1. The van der Waals surface area contributed by atoms with Crippen molar-refractivity contribution in [2.24, 2.45) is 5.92 Å². The summed E-state index contributed by atoms with van der Waals surface area (Å²) < 4.78 is 41.1. The fourth-order valence-electron chi connectivity index (χ4n) is 6.34. The first kappa shape index (κ1) is 27.1. The number of fused-ring (bicyclic) bond motifs is 2. The number of hydrogen-bond acceptors (Lipinski definition) is 4. The number of carbonyl (C=O) groups is 1. The third-order valence-electron chi connectivity index (χ3n) is 8.50. The standard InChI is InChI=1S/C28H33ClF3N3O3/c29-23-17-21(5-6-25(23)38-28(30,31)32)33-26(37)35-13-8-20(9-14-35)24(36)18-34-15-11-27(12-16-34)10-7-19-3-1-2-4-22(19)27/h1-6,17,20,24,36H,7-16,18H2,(H,33,37).